The van der Waals surface area contributed by atoms with Crippen LogP contribution in [-0.2, 0) is 0 Å². The van der Waals surface area contributed by atoms with Crippen LogP contribution >= 0.6 is 0 Å². The predicted octanol–water partition coefficient (Wildman–Crippen LogP) is 2.03. The van der Waals surface area contributed by atoms with Crippen LogP contribution in [0, 0.1) is 5.82 Å². The van der Waals surface area contributed by atoms with Crippen LogP contribution in [0.5, 0.6) is 0 Å². The van der Waals surface area contributed by atoms with E-state index in [0.29, 0.717) is 17.1 Å². The molecule has 3 nitrogen and oxygen atoms in total. The fraction of sp³-hybridized carbons (Fsp3) is 0.222. The van der Waals surface area contributed by atoms with Gasteiger partial charge >= 0.3 is 0 Å². The molecule has 0 atom stereocenters. The van der Waals surface area contributed by atoms with Crippen LogP contribution in [0.2, 0.25) is 0 Å². The summed E-state index contributed by atoms with van der Waals surface area (Å²) in [7, 11) is 3.64. The Bertz CT molecular complexity index is 436. The molecule has 2 rings (SSSR count). The molecule has 0 N–H and O–H groups in total. The van der Waals surface area contributed by atoms with Crippen molar-refractivity contribution >= 4 is 17.1 Å². The molecular weight excluding hydrogens is 171 g/mol. The first-order valence-corrected chi connectivity index (χ1v) is 3.90. The lowest BCUT2D eigenvalue weighted by Gasteiger charge is -2.03. The first kappa shape index (κ1) is 8.04. The van der Waals surface area contributed by atoms with Crippen LogP contribution in [0.3, 0.4) is 0 Å². The Hall–Kier alpha value is -1.58. The molecule has 0 radical (unpaired) electrons. The standard InChI is InChI=1S/C9H9FN2O/c1-12(2)9-11-7-5-6(10)3-4-8(7)13-9/h3-5H,1-2H3. The van der Waals surface area contributed by atoms with Crippen molar-refractivity contribution in [1.82, 2.24) is 4.98 Å². The molecule has 1 aromatic heterocycles. The van der Waals surface area contributed by atoms with Crippen LogP contribution in [0.15, 0.2) is 22.6 Å². The molecule has 68 valence electrons. The molecule has 0 saturated heterocycles. The number of fused-ring (bicyclic) bond motifs is 1. The average Bonchev–Trinajstić information content (AvgIpc) is 2.46. The minimum Gasteiger partial charge on any atom is -0.423 e. The number of anilines is 1. The Kier molecular flexibility index (Phi) is 1.69. The zero-order chi connectivity index (χ0) is 9.42. The average molecular weight is 180 g/mol. The number of nitrogens with zero attached hydrogens (tertiary/aromatic N) is 2. The van der Waals surface area contributed by atoms with Gasteiger partial charge in [-0.05, 0) is 12.1 Å². The second-order valence-corrected chi connectivity index (χ2v) is 3.00. The summed E-state index contributed by atoms with van der Waals surface area (Å²) in [6.07, 6.45) is 0. The van der Waals surface area contributed by atoms with E-state index in [1.807, 2.05) is 14.1 Å². The maximum Gasteiger partial charge on any atom is 0.297 e. The van der Waals surface area contributed by atoms with Crippen molar-refractivity contribution in [2.45, 2.75) is 0 Å². The van der Waals surface area contributed by atoms with Crippen LogP contribution in [0.4, 0.5) is 10.4 Å². The van der Waals surface area contributed by atoms with Crippen LogP contribution in [0.1, 0.15) is 0 Å². The number of hydrogen-bond donors (Lipinski definition) is 0. The summed E-state index contributed by atoms with van der Waals surface area (Å²) >= 11 is 0. The molecule has 0 amide bonds. The number of rotatable bonds is 1. The summed E-state index contributed by atoms with van der Waals surface area (Å²) in [5, 5.41) is 0. The zero-order valence-corrected chi connectivity index (χ0v) is 7.41. The second kappa shape index (κ2) is 2.73. The van der Waals surface area contributed by atoms with Gasteiger partial charge in [0.2, 0.25) is 0 Å². The van der Waals surface area contributed by atoms with E-state index in [0.717, 1.165) is 0 Å². The highest BCUT2D eigenvalue weighted by Crippen LogP contribution is 2.20. The van der Waals surface area contributed by atoms with Crippen molar-refractivity contribution in [3.8, 4) is 0 Å². The van der Waals surface area contributed by atoms with E-state index in [4.69, 9.17) is 4.42 Å². The molecule has 0 fully saturated rings. The summed E-state index contributed by atoms with van der Waals surface area (Å²) in [5.41, 5.74) is 1.15. The Morgan fingerprint density at radius 1 is 1.38 bits per heavy atom. The smallest absolute Gasteiger partial charge is 0.297 e. The van der Waals surface area contributed by atoms with Gasteiger partial charge in [-0.1, -0.05) is 0 Å². The number of oxazole rings is 1. The fourth-order valence-corrected chi connectivity index (χ4v) is 1.08. The molecule has 4 heteroatoms. The third kappa shape index (κ3) is 1.35. The highest BCUT2D eigenvalue weighted by atomic mass is 19.1. The minimum absolute atomic E-state index is 0.300. The molecule has 0 bridgehead atoms. The monoisotopic (exact) mass is 180 g/mol. The molecule has 0 unspecified atom stereocenters. The first-order chi connectivity index (χ1) is 6.16. The van der Waals surface area contributed by atoms with Crippen molar-refractivity contribution in [3.05, 3.63) is 24.0 Å². The van der Waals surface area contributed by atoms with Gasteiger partial charge in [-0.3, -0.25) is 0 Å². The van der Waals surface area contributed by atoms with E-state index in [-0.39, 0.29) is 5.82 Å². The summed E-state index contributed by atoms with van der Waals surface area (Å²) < 4.78 is 18.1. The lowest BCUT2D eigenvalue weighted by atomic mass is 10.3. The summed E-state index contributed by atoms with van der Waals surface area (Å²) in [5.74, 6) is -0.300. The van der Waals surface area contributed by atoms with Crippen LogP contribution in [-0.4, -0.2) is 19.1 Å². The number of aromatic nitrogens is 1. The predicted molar refractivity (Wildman–Crippen MR) is 48.3 cm³/mol. The maximum atomic E-state index is 12.8. The Balaban J connectivity index is 2.62. The van der Waals surface area contributed by atoms with Gasteiger partial charge in [-0.15, -0.1) is 0 Å². The topological polar surface area (TPSA) is 29.3 Å². The molecule has 2 aromatic rings. The van der Waals surface area contributed by atoms with Crippen molar-refractivity contribution in [1.29, 1.82) is 0 Å². The van der Waals surface area contributed by atoms with E-state index < -0.39 is 0 Å². The molecule has 1 heterocycles. The maximum absolute atomic E-state index is 12.8. The minimum atomic E-state index is -0.300. The molecule has 0 saturated carbocycles. The van der Waals surface area contributed by atoms with Crippen LogP contribution < -0.4 is 4.90 Å². The summed E-state index contributed by atoms with van der Waals surface area (Å²) in [4.78, 5) is 5.83. The quantitative estimate of drug-likeness (QED) is 0.672. The molecule has 0 spiro atoms. The molecule has 1 aromatic carbocycles. The molecular formula is C9H9FN2O. The molecule has 13 heavy (non-hydrogen) atoms. The Labute approximate surface area is 74.8 Å². The normalized spacial score (nSPS) is 10.7. The summed E-state index contributed by atoms with van der Waals surface area (Å²) in [6.45, 7) is 0. The zero-order valence-electron chi connectivity index (χ0n) is 7.41. The van der Waals surface area contributed by atoms with Gasteiger partial charge in [0.25, 0.3) is 6.01 Å². The molecule has 0 aliphatic rings. The van der Waals surface area contributed by atoms with E-state index in [2.05, 4.69) is 4.98 Å². The van der Waals surface area contributed by atoms with Gasteiger partial charge in [-0.25, -0.2) is 4.39 Å². The van der Waals surface area contributed by atoms with Crippen molar-refractivity contribution in [3.63, 3.8) is 0 Å². The highest BCUT2D eigenvalue weighted by Gasteiger charge is 2.07. The molecule has 0 aliphatic carbocycles. The lowest BCUT2D eigenvalue weighted by molar-refractivity contribution is 0.595. The second-order valence-electron chi connectivity index (χ2n) is 3.00. The fourth-order valence-electron chi connectivity index (χ4n) is 1.08. The largest absolute Gasteiger partial charge is 0.423 e. The van der Waals surface area contributed by atoms with Gasteiger partial charge in [0.15, 0.2) is 5.58 Å². The van der Waals surface area contributed by atoms with Crippen LogP contribution in [0.25, 0.3) is 11.1 Å². The van der Waals surface area contributed by atoms with E-state index in [1.165, 1.54) is 12.1 Å². The highest BCUT2D eigenvalue weighted by molar-refractivity contribution is 5.74. The SMILES string of the molecule is CN(C)c1nc2cc(F)ccc2o1. The molecule has 0 aliphatic heterocycles. The Morgan fingerprint density at radius 3 is 2.85 bits per heavy atom. The van der Waals surface area contributed by atoms with Gasteiger partial charge < -0.3 is 9.32 Å². The number of halogens is 1. The van der Waals surface area contributed by atoms with Gasteiger partial charge in [0, 0.05) is 20.2 Å². The van der Waals surface area contributed by atoms with Crippen molar-refractivity contribution in [2.24, 2.45) is 0 Å². The first-order valence-electron chi connectivity index (χ1n) is 3.90. The van der Waals surface area contributed by atoms with E-state index >= 15 is 0 Å². The third-order valence-electron chi connectivity index (χ3n) is 1.72. The van der Waals surface area contributed by atoms with E-state index in [9.17, 15) is 4.39 Å². The lowest BCUT2D eigenvalue weighted by Crippen LogP contribution is -2.08. The number of benzene rings is 1. The van der Waals surface area contributed by atoms with Gasteiger partial charge in [-0.2, -0.15) is 4.98 Å². The van der Waals surface area contributed by atoms with Crippen molar-refractivity contribution < 1.29 is 8.81 Å². The summed E-state index contributed by atoms with van der Waals surface area (Å²) in [6, 6.07) is 4.77. The Morgan fingerprint density at radius 2 is 2.15 bits per heavy atom. The van der Waals surface area contributed by atoms with Crippen molar-refractivity contribution in [2.75, 3.05) is 19.0 Å². The van der Waals surface area contributed by atoms with Gasteiger partial charge in [0.1, 0.15) is 11.3 Å². The van der Waals surface area contributed by atoms with Gasteiger partial charge in [0.05, 0.1) is 0 Å². The number of hydrogen-bond acceptors (Lipinski definition) is 3. The van der Waals surface area contributed by atoms with E-state index in [1.54, 1.807) is 11.0 Å². The third-order valence-corrected chi connectivity index (χ3v) is 1.72.